The molecule has 1 radical (unpaired) electrons. The summed E-state index contributed by atoms with van der Waals surface area (Å²) in [7, 11) is 0. The normalized spacial score (nSPS) is 15.7. The second-order valence-corrected chi connectivity index (χ2v) is 3.00. The van der Waals surface area contributed by atoms with Crippen molar-refractivity contribution < 1.29 is 13.2 Å². The second kappa shape index (κ2) is 3.34. The Morgan fingerprint density at radius 1 is 1.56 bits per heavy atom. The lowest BCUT2D eigenvalue weighted by Crippen LogP contribution is -2.22. The highest BCUT2D eigenvalue weighted by Gasteiger charge is 2.35. The highest BCUT2D eigenvalue weighted by molar-refractivity contribution is 8.00. The molecular weight excluding hydrogens is 149 g/mol. The van der Waals surface area contributed by atoms with Crippen LogP contribution in [0.2, 0.25) is 0 Å². The first-order valence-electron chi connectivity index (χ1n) is 2.46. The first kappa shape index (κ1) is 9.14. The molecule has 0 heterocycles. The number of hydrogen-bond donors (Lipinski definition) is 0. The number of halogens is 3. The third-order valence-corrected chi connectivity index (χ3v) is 1.83. The van der Waals surface area contributed by atoms with Crippen LogP contribution < -0.4 is 0 Å². The minimum Gasteiger partial charge on any atom is -0.170 e. The molecule has 0 saturated heterocycles. The van der Waals surface area contributed by atoms with Crippen molar-refractivity contribution >= 4 is 11.8 Å². The Bertz CT molecular complexity index is 78.8. The van der Waals surface area contributed by atoms with Crippen molar-refractivity contribution in [3.05, 3.63) is 6.92 Å². The van der Waals surface area contributed by atoms with Crippen molar-refractivity contribution in [1.29, 1.82) is 0 Å². The van der Waals surface area contributed by atoms with Crippen LogP contribution in [0.3, 0.4) is 0 Å². The van der Waals surface area contributed by atoms with E-state index in [1.165, 1.54) is 0 Å². The van der Waals surface area contributed by atoms with Gasteiger partial charge in [0.05, 0.1) is 5.25 Å². The van der Waals surface area contributed by atoms with Crippen LogP contribution in [0.15, 0.2) is 0 Å². The maximum absolute atomic E-state index is 11.6. The van der Waals surface area contributed by atoms with E-state index in [1.807, 2.05) is 0 Å². The lowest BCUT2D eigenvalue weighted by atomic mass is 10.5. The van der Waals surface area contributed by atoms with E-state index in [9.17, 15) is 13.2 Å². The average molecular weight is 157 g/mol. The lowest BCUT2D eigenvalue weighted by Gasteiger charge is -2.12. The van der Waals surface area contributed by atoms with Crippen LogP contribution >= 0.6 is 11.8 Å². The van der Waals surface area contributed by atoms with E-state index in [1.54, 1.807) is 0 Å². The summed E-state index contributed by atoms with van der Waals surface area (Å²) in [5, 5.41) is -1.28. The van der Waals surface area contributed by atoms with Gasteiger partial charge in [-0.15, -0.1) is 11.8 Å². The largest absolute Gasteiger partial charge is 0.400 e. The smallest absolute Gasteiger partial charge is 0.170 e. The summed E-state index contributed by atoms with van der Waals surface area (Å²) in [6.07, 6.45) is -4.07. The molecular formula is C5H8F3S. The molecule has 0 aromatic rings. The standard InChI is InChI=1S/C5H8F3S/c1-3-9-4(2)5(6,7)8/h4H,1,3H2,2H3. The molecule has 0 N–H and O–H groups in total. The van der Waals surface area contributed by atoms with E-state index in [2.05, 4.69) is 6.92 Å². The number of rotatable bonds is 2. The molecule has 0 amide bonds. The quantitative estimate of drug-likeness (QED) is 0.593. The Hall–Kier alpha value is 0.140. The van der Waals surface area contributed by atoms with Crippen LogP contribution in [0.25, 0.3) is 0 Å². The first-order valence-corrected chi connectivity index (χ1v) is 3.51. The van der Waals surface area contributed by atoms with Crippen molar-refractivity contribution in [1.82, 2.24) is 0 Å². The van der Waals surface area contributed by atoms with E-state index in [4.69, 9.17) is 0 Å². The third-order valence-electron chi connectivity index (χ3n) is 0.829. The van der Waals surface area contributed by atoms with Gasteiger partial charge >= 0.3 is 6.18 Å². The molecule has 0 aromatic carbocycles. The zero-order chi connectivity index (χ0) is 7.49. The first-order chi connectivity index (χ1) is 3.98. The molecule has 0 aromatic heterocycles. The summed E-state index contributed by atoms with van der Waals surface area (Å²) in [6.45, 7) is 4.44. The van der Waals surface area contributed by atoms with E-state index in [0.29, 0.717) is 0 Å². The van der Waals surface area contributed by atoms with Crippen molar-refractivity contribution in [3.63, 3.8) is 0 Å². The SMILES string of the molecule is [CH2]CSC(C)C(F)(F)F. The van der Waals surface area contributed by atoms with Gasteiger partial charge in [0, 0.05) is 0 Å². The molecule has 0 nitrogen and oxygen atoms in total. The fourth-order valence-corrected chi connectivity index (χ4v) is 0.814. The maximum atomic E-state index is 11.6. The van der Waals surface area contributed by atoms with Gasteiger partial charge in [-0.1, -0.05) is 0 Å². The fraction of sp³-hybridized carbons (Fsp3) is 0.800. The van der Waals surface area contributed by atoms with E-state index in [0.717, 1.165) is 18.7 Å². The van der Waals surface area contributed by atoms with Gasteiger partial charge < -0.3 is 0 Å². The van der Waals surface area contributed by atoms with Crippen LogP contribution in [0.1, 0.15) is 6.92 Å². The highest BCUT2D eigenvalue weighted by atomic mass is 32.2. The Balaban J connectivity index is 3.59. The van der Waals surface area contributed by atoms with Crippen LogP contribution in [0.4, 0.5) is 13.2 Å². The molecule has 0 saturated carbocycles. The Morgan fingerprint density at radius 3 is 2.11 bits per heavy atom. The van der Waals surface area contributed by atoms with Crippen LogP contribution in [-0.4, -0.2) is 17.2 Å². The van der Waals surface area contributed by atoms with Gasteiger partial charge in [-0.3, -0.25) is 0 Å². The zero-order valence-corrected chi connectivity index (χ0v) is 5.85. The van der Waals surface area contributed by atoms with Gasteiger partial charge in [-0.05, 0) is 19.6 Å². The van der Waals surface area contributed by atoms with Crippen LogP contribution in [0, 0.1) is 6.92 Å². The molecule has 4 heteroatoms. The molecule has 0 fully saturated rings. The fourth-order valence-electron chi connectivity index (χ4n) is 0.271. The number of alkyl halides is 3. The third kappa shape index (κ3) is 3.67. The van der Waals surface area contributed by atoms with E-state index in [-0.39, 0.29) is 5.75 Å². The summed E-state index contributed by atoms with van der Waals surface area (Å²) < 4.78 is 34.8. The summed E-state index contributed by atoms with van der Waals surface area (Å²) >= 11 is 0.802. The van der Waals surface area contributed by atoms with Gasteiger partial charge in [0.1, 0.15) is 0 Å². The van der Waals surface area contributed by atoms with Crippen molar-refractivity contribution in [3.8, 4) is 0 Å². The molecule has 0 bridgehead atoms. The second-order valence-electron chi connectivity index (χ2n) is 1.55. The van der Waals surface area contributed by atoms with Crippen molar-refractivity contribution in [2.75, 3.05) is 5.75 Å². The van der Waals surface area contributed by atoms with Crippen molar-refractivity contribution in [2.24, 2.45) is 0 Å². The average Bonchev–Trinajstić information content (AvgIpc) is 1.64. The maximum Gasteiger partial charge on any atom is 0.400 e. The summed E-state index contributed by atoms with van der Waals surface area (Å²) in [5.74, 6) is 0.265. The molecule has 0 aliphatic rings. The minimum absolute atomic E-state index is 0.265. The lowest BCUT2D eigenvalue weighted by molar-refractivity contribution is -0.125. The molecule has 0 aliphatic heterocycles. The summed E-state index contributed by atoms with van der Waals surface area (Å²) in [4.78, 5) is 0. The Kier molecular flexibility index (Phi) is 3.40. The molecule has 0 spiro atoms. The number of thioether (sulfide) groups is 1. The topological polar surface area (TPSA) is 0 Å². The van der Waals surface area contributed by atoms with Crippen LogP contribution in [0.5, 0.6) is 0 Å². The summed E-state index contributed by atoms with van der Waals surface area (Å²) in [6, 6.07) is 0. The Labute approximate surface area is 56.8 Å². The molecule has 55 valence electrons. The van der Waals surface area contributed by atoms with Crippen LogP contribution in [-0.2, 0) is 0 Å². The zero-order valence-electron chi connectivity index (χ0n) is 5.03. The number of hydrogen-bond acceptors (Lipinski definition) is 1. The van der Waals surface area contributed by atoms with E-state index >= 15 is 0 Å². The monoisotopic (exact) mass is 157 g/mol. The predicted molar refractivity (Wildman–Crippen MR) is 33.3 cm³/mol. The molecule has 0 aliphatic carbocycles. The van der Waals surface area contributed by atoms with Gasteiger partial charge in [-0.2, -0.15) is 13.2 Å². The summed E-state index contributed by atoms with van der Waals surface area (Å²) in [5.41, 5.74) is 0. The van der Waals surface area contributed by atoms with Gasteiger partial charge in [0.25, 0.3) is 0 Å². The Morgan fingerprint density at radius 2 is 2.00 bits per heavy atom. The van der Waals surface area contributed by atoms with Gasteiger partial charge in [0.2, 0.25) is 0 Å². The predicted octanol–water partition coefficient (Wildman–Crippen LogP) is 2.50. The highest BCUT2D eigenvalue weighted by Crippen LogP contribution is 2.29. The van der Waals surface area contributed by atoms with Crippen molar-refractivity contribution in [2.45, 2.75) is 18.3 Å². The van der Waals surface area contributed by atoms with Gasteiger partial charge in [-0.25, -0.2) is 0 Å². The molecule has 1 atom stereocenters. The molecule has 9 heavy (non-hydrogen) atoms. The molecule has 1 unspecified atom stereocenters. The molecule has 0 rings (SSSR count). The minimum atomic E-state index is -4.07. The van der Waals surface area contributed by atoms with Gasteiger partial charge in [0.15, 0.2) is 0 Å². The van der Waals surface area contributed by atoms with E-state index < -0.39 is 11.4 Å².